The highest BCUT2D eigenvalue weighted by molar-refractivity contribution is 7.81. The molecule has 2 aromatic carbocycles. The van der Waals surface area contributed by atoms with E-state index in [2.05, 4.69) is 49.4 Å². The molecule has 19 heavy (non-hydrogen) atoms. The van der Waals surface area contributed by atoms with Gasteiger partial charge in [0.15, 0.2) is 0 Å². The molecule has 0 N–H and O–H groups in total. The number of rotatable bonds is 4. The first-order chi connectivity index (χ1) is 9.25. The zero-order chi connectivity index (χ0) is 13.5. The molecule has 0 aliphatic heterocycles. The number of thiocarbonyl (C=S) groups is 1. The minimum atomic E-state index is 0.859. The van der Waals surface area contributed by atoms with Gasteiger partial charge in [0.25, 0.3) is 0 Å². The normalized spacial score (nSPS) is 11.2. The van der Waals surface area contributed by atoms with Crippen LogP contribution in [0.5, 0.6) is 0 Å². The zero-order valence-electron chi connectivity index (χ0n) is 10.9. The Labute approximate surface area is 120 Å². The molecular weight excluding hydrogens is 248 g/mol. The lowest BCUT2D eigenvalue weighted by molar-refractivity contribution is 1.47. The minimum Gasteiger partial charge on any atom is -0.0795 e. The second kappa shape index (κ2) is 6.81. The highest BCUT2D eigenvalue weighted by Crippen LogP contribution is 2.06. The Bertz CT molecular complexity index is 589. The van der Waals surface area contributed by atoms with E-state index < -0.39 is 0 Å². The van der Waals surface area contributed by atoms with Crippen molar-refractivity contribution in [2.24, 2.45) is 0 Å². The maximum Gasteiger partial charge on any atom is 0.0449 e. The molecule has 0 radical (unpaired) electrons. The Morgan fingerprint density at radius 2 is 1.58 bits per heavy atom. The molecule has 0 unspecified atom stereocenters. The summed E-state index contributed by atoms with van der Waals surface area (Å²) in [5, 5.41) is 0. The summed E-state index contributed by atoms with van der Waals surface area (Å²) in [7, 11) is 0. The molecule has 0 amide bonds. The summed E-state index contributed by atoms with van der Waals surface area (Å²) in [5.41, 5.74) is 3.53. The smallest absolute Gasteiger partial charge is 0.0449 e. The lowest BCUT2D eigenvalue weighted by atomic mass is 10.1. The third kappa shape index (κ3) is 4.31. The summed E-state index contributed by atoms with van der Waals surface area (Å²) >= 11 is 5.37. The average molecular weight is 264 g/mol. The van der Waals surface area contributed by atoms with Gasteiger partial charge in [-0.2, -0.15) is 0 Å². The maximum atomic E-state index is 5.37. The molecule has 0 bridgehead atoms. The van der Waals surface area contributed by atoms with E-state index >= 15 is 0 Å². The third-order valence-corrected chi connectivity index (χ3v) is 3.15. The number of hydrogen-bond donors (Lipinski definition) is 0. The molecular formula is C18H16S. The average Bonchev–Trinajstić information content (AvgIpc) is 2.45. The molecule has 0 aliphatic carbocycles. The number of allylic oxidation sites excluding steroid dienone is 3. The predicted octanol–water partition coefficient (Wildman–Crippen LogP) is 4.98. The van der Waals surface area contributed by atoms with Crippen molar-refractivity contribution in [2.45, 2.75) is 6.92 Å². The van der Waals surface area contributed by atoms with Gasteiger partial charge < -0.3 is 0 Å². The van der Waals surface area contributed by atoms with Crippen LogP contribution >= 0.6 is 12.2 Å². The van der Waals surface area contributed by atoms with E-state index in [0.717, 1.165) is 10.4 Å². The molecule has 1 heteroatoms. The van der Waals surface area contributed by atoms with Gasteiger partial charge in [0.2, 0.25) is 0 Å². The van der Waals surface area contributed by atoms with Gasteiger partial charge in [0, 0.05) is 4.86 Å². The minimum absolute atomic E-state index is 0.859. The Kier molecular flexibility index (Phi) is 4.82. The van der Waals surface area contributed by atoms with Gasteiger partial charge in [-0.15, -0.1) is 0 Å². The van der Waals surface area contributed by atoms with Crippen LogP contribution in [0, 0.1) is 6.92 Å². The van der Waals surface area contributed by atoms with Crippen LogP contribution in [-0.2, 0) is 0 Å². The van der Waals surface area contributed by atoms with E-state index in [1.54, 1.807) is 0 Å². The standard InChI is InChI=1S/C18H16S/c1-15-11-13-17(14-12-15)18(19)10-6-5-9-16-7-3-2-4-8-16/h2-14H,1H3/b9-5+,10-6+. The second-order valence-electron chi connectivity index (χ2n) is 4.36. The van der Waals surface area contributed by atoms with E-state index in [0.29, 0.717) is 0 Å². The van der Waals surface area contributed by atoms with Crippen molar-refractivity contribution in [3.63, 3.8) is 0 Å². The molecule has 0 spiro atoms. The van der Waals surface area contributed by atoms with Crippen LogP contribution in [0.1, 0.15) is 16.7 Å². The summed E-state index contributed by atoms with van der Waals surface area (Å²) in [6, 6.07) is 18.5. The van der Waals surface area contributed by atoms with Crippen LogP contribution in [0.15, 0.2) is 72.8 Å². The monoisotopic (exact) mass is 264 g/mol. The van der Waals surface area contributed by atoms with E-state index in [-0.39, 0.29) is 0 Å². The van der Waals surface area contributed by atoms with Crippen molar-refractivity contribution >= 4 is 23.2 Å². The van der Waals surface area contributed by atoms with Crippen molar-refractivity contribution in [1.29, 1.82) is 0 Å². The van der Waals surface area contributed by atoms with Gasteiger partial charge in [0.05, 0.1) is 0 Å². The first kappa shape index (κ1) is 13.4. The van der Waals surface area contributed by atoms with E-state index in [4.69, 9.17) is 12.2 Å². The summed E-state index contributed by atoms with van der Waals surface area (Å²) < 4.78 is 0. The predicted molar refractivity (Wildman–Crippen MR) is 87.5 cm³/mol. The van der Waals surface area contributed by atoms with E-state index in [1.807, 2.05) is 36.4 Å². The molecule has 0 saturated heterocycles. The van der Waals surface area contributed by atoms with E-state index in [1.165, 1.54) is 11.1 Å². The molecule has 0 fully saturated rings. The van der Waals surface area contributed by atoms with Crippen molar-refractivity contribution in [2.75, 3.05) is 0 Å². The van der Waals surface area contributed by atoms with Gasteiger partial charge >= 0.3 is 0 Å². The first-order valence-corrected chi connectivity index (χ1v) is 6.67. The van der Waals surface area contributed by atoms with Crippen molar-refractivity contribution < 1.29 is 0 Å². The molecule has 0 saturated carbocycles. The molecule has 2 aromatic rings. The molecule has 0 nitrogen and oxygen atoms in total. The number of aryl methyl sites for hydroxylation is 1. The second-order valence-corrected chi connectivity index (χ2v) is 4.80. The fraction of sp³-hybridized carbons (Fsp3) is 0.0556. The van der Waals surface area contributed by atoms with Gasteiger partial charge in [-0.1, -0.05) is 90.6 Å². The van der Waals surface area contributed by atoms with Crippen LogP contribution in [0.2, 0.25) is 0 Å². The largest absolute Gasteiger partial charge is 0.0795 e. The topological polar surface area (TPSA) is 0 Å². The van der Waals surface area contributed by atoms with Crippen molar-refractivity contribution in [3.05, 3.63) is 89.5 Å². The quantitative estimate of drug-likeness (QED) is 0.325. The molecule has 94 valence electrons. The number of benzene rings is 2. The molecule has 2 rings (SSSR count). The summed E-state index contributed by atoms with van der Waals surface area (Å²) in [6.45, 7) is 2.07. The zero-order valence-corrected chi connectivity index (χ0v) is 11.7. The van der Waals surface area contributed by atoms with Crippen LogP contribution < -0.4 is 0 Å². The van der Waals surface area contributed by atoms with Crippen LogP contribution in [-0.4, -0.2) is 4.86 Å². The highest BCUT2D eigenvalue weighted by atomic mass is 32.1. The fourth-order valence-electron chi connectivity index (χ4n) is 1.69. The Morgan fingerprint density at radius 1 is 0.895 bits per heavy atom. The van der Waals surface area contributed by atoms with Crippen LogP contribution in [0.4, 0.5) is 0 Å². The van der Waals surface area contributed by atoms with Gasteiger partial charge in [-0.3, -0.25) is 0 Å². The maximum absolute atomic E-state index is 5.37. The van der Waals surface area contributed by atoms with Gasteiger partial charge in [0.1, 0.15) is 0 Å². The summed E-state index contributed by atoms with van der Waals surface area (Å²) in [6.07, 6.45) is 8.01. The summed E-state index contributed by atoms with van der Waals surface area (Å²) in [4.78, 5) is 0.859. The van der Waals surface area contributed by atoms with Crippen molar-refractivity contribution in [1.82, 2.24) is 0 Å². The first-order valence-electron chi connectivity index (χ1n) is 6.26. The van der Waals surface area contributed by atoms with Crippen LogP contribution in [0.3, 0.4) is 0 Å². The Morgan fingerprint density at radius 3 is 2.26 bits per heavy atom. The van der Waals surface area contributed by atoms with Gasteiger partial charge in [-0.25, -0.2) is 0 Å². The lowest BCUT2D eigenvalue weighted by Gasteiger charge is -1.98. The van der Waals surface area contributed by atoms with Crippen LogP contribution in [0.25, 0.3) is 6.08 Å². The summed E-state index contributed by atoms with van der Waals surface area (Å²) in [5.74, 6) is 0. The third-order valence-electron chi connectivity index (χ3n) is 2.78. The SMILES string of the molecule is Cc1ccc(C(=S)/C=C/C=C/c2ccccc2)cc1. The van der Waals surface area contributed by atoms with E-state index in [9.17, 15) is 0 Å². The Hall–Kier alpha value is -1.99. The van der Waals surface area contributed by atoms with Gasteiger partial charge in [-0.05, 0) is 24.1 Å². The molecule has 0 aliphatic rings. The number of hydrogen-bond acceptors (Lipinski definition) is 1. The lowest BCUT2D eigenvalue weighted by Crippen LogP contribution is -1.91. The molecule has 0 heterocycles. The van der Waals surface area contributed by atoms with Crippen molar-refractivity contribution in [3.8, 4) is 0 Å². The fourth-order valence-corrected chi connectivity index (χ4v) is 1.90. The highest BCUT2D eigenvalue weighted by Gasteiger charge is 1.95. The molecule has 0 atom stereocenters. The molecule has 0 aromatic heterocycles. The Balaban J connectivity index is 1.97.